The van der Waals surface area contributed by atoms with Crippen LogP contribution < -0.4 is 40.0 Å². The lowest BCUT2D eigenvalue weighted by atomic mass is 9.86. The third-order valence-electron chi connectivity index (χ3n) is 23.6. The van der Waals surface area contributed by atoms with Crippen LogP contribution in [0.5, 0.6) is 29.0 Å². The zero-order valence-corrected chi connectivity index (χ0v) is 81.1. The number of carbonyl (C=O) groups is 8. The molecule has 1 saturated heterocycles. The lowest BCUT2D eigenvalue weighted by Crippen LogP contribution is -2.38. The number of aliphatic hydroxyl groups excluding tert-OH is 1. The van der Waals surface area contributed by atoms with Crippen LogP contribution in [0.4, 0.5) is 30.7 Å². The van der Waals surface area contributed by atoms with Crippen LogP contribution in [0, 0.1) is 75.3 Å². The Bertz CT molecular complexity index is 7320. The fraction of sp³-hybridized carbons (Fsp3) is 0.241. The summed E-state index contributed by atoms with van der Waals surface area (Å²) in [5, 5.41) is 74.5. The number of benzene rings is 7. The molecule has 3 aliphatic rings. The van der Waals surface area contributed by atoms with Gasteiger partial charge in [0, 0.05) is 103 Å². The second-order valence-electron chi connectivity index (χ2n) is 32.7. The molecule has 16 rings (SSSR count). The van der Waals surface area contributed by atoms with Gasteiger partial charge in [-0.15, -0.1) is 0 Å². The number of halogens is 7. The number of hydrogen-bond donors (Lipinski definition) is 8. The Hall–Kier alpha value is -17.2. The highest BCUT2D eigenvalue weighted by atomic mass is 19.2. The van der Waals surface area contributed by atoms with Gasteiger partial charge in [-0.1, -0.05) is 78.9 Å². The smallest absolute Gasteiger partial charge is 0.345 e. The molecule has 0 bridgehead atoms. The summed E-state index contributed by atoms with van der Waals surface area (Å²) in [4.78, 5) is 144. The van der Waals surface area contributed by atoms with Gasteiger partial charge in [0.05, 0.1) is 74.8 Å². The van der Waals surface area contributed by atoms with Gasteiger partial charge in [0.25, 0.3) is 0 Å². The maximum Gasteiger partial charge on any atom is 0.345 e. The first-order valence-corrected chi connectivity index (χ1v) is 45.4. The Kier molecular flexibility index (Phi) is 37.9. The minimum atomic E-state index is -1.35. The molecule has 0 saturated carbocycles. The molecule has 31 nitrogen and oxygen atoms in total. The number of carboxylic acid groups (broad SMARTS) is 7. The molecule has 8 N–H and O–H groups in total. The first-order valence-electron chi connectivity index (χ1n) is 45.4. The van der Waals surface area contributed by atoms with Gasteiger partial charge >= 0.3 is 41.8 Å². The Labute approximate surface area is 830 Å². The number of nitrogens with zero attached hydrogens (tertiary/aromatic N) is 7. The molecule has 0 aliphatic carbocycles. The van der Waals surface area contributed by atoms with Crippen molar-refractivity contribution < 1.29 is 134 Å². The first kappa shape index (κ1) is 111. The van der Waals surface area contributed by atoms with Crippen LogP contribution in [0.3, 0.4) is 0 Å². The number of ether oxygens (including phenoxy) is 5. The van der Waals surface area contributed by atoms with Crippen molar-refractivity contribution in [1.82, 2.24) is 33.6 Å². The van der Waals surface area contributed by atoms with E-state index in [2.05, 4.69) is 15.0 Å². The number of carboxylic acids is 7. The van der Waals surface area contributed by atoms with E-state index in [0.29, 0.717) is 135 Å². The molecule has 7 aromatic carbocycles. The Balaban J connectivity index is 0.000000175. The van der Waals surface area contributed by atoms with Gasteiger partial charge in [-0.3, -0.25) is 29.1 Å². The van der Waals surface area contributed by atoms with Crippen LogP contribution >= 0.6 is 0 Å². The van der Waals surface area contributed by atoms with Crippen molar-refractivity contribution in [1.29, 1.82) is 0 Å². The number of methoxy groups -OCH3 is 2. The molecule has 0 amide bonds. The Morgan fingerprint density at radius 1 is 0.425 bits per heavy atom. The van der Waals surface area contributed by atoms with E-state index in [1.54, 1.807) is 112 Å². The number of pyridine rings is 6. The number of aliphatic carboxylic acids is 1. The largest absolute Gasteiger partial charge is 0.495 e. The minimum absolute atomic E-state index is 0.00299. The van der Waals surface area contributed by atoms with Crippen LogP contribution in [-0.4, -0.2) is 169 Å². The molecule has 38 heteroatoms. The van der Waals surface area contributed by atoms with Gasteiger partial charge in [0.1, 0.15) is 91.4 Å². The summed E-state index contributed by atoms with van der Waals surface area (Å²) in [6.45, 7) is 18.1. The summed E-state index contributed by atoms with van der Waals surface area (Å²) in [7, 11) is 4.42. The maximum absolute atomic E-state index is 13.3. The van der Waals surface area contributed by atoms with E-state index in [4.69, 9.17) is 23.7 Å². The quantitative estimate of drug-likeness (QED) is 0.0206. The van der Waals surface area contributed by atoms with E-state index in [1.807, 2.05) is 9.47 Å². The molecular formula is C108H102F7N7O24. The third-order valence-corrected chi connectivity index (χ3v) is 23.6. The lowest BCUT2D eigenvalue weighted by molar-refractivity contribution is -0.135. The van der Waals surface area contributed by atoms with Crippen molar-refractivity contribution in [2.45, 2.75) is 120 Å². The van der Waals surface area contributed by atoms with Crippen molar-refractivity contribution in [3.8, 4) is 95.8 Å². The topological polar surface area (TPSA) is 452 Å². The van der Waals surface area contributed by atoms with Crippen molar-refractivity contribution >= 4 is 47.6 Å². The summed E-state index contributed by atoms with van der Waals surface area (Å²) in [6.07, 6.45) is 9.61. The summed E-state index contributed by atoms with van der Waals surface area (Å²) in [5.74, 6) is -11.2. The molecule has 0 spiro atoms. The van der Waals surface area contributed by atoms with Crippen molar-refractivity contribution in [2.24, 2.45) is 7.05 Å². The van der Waals surface area contributed by atoms with E-state index in [-0.39, 0.29) is 115 Å². The molecular weight excluding hydrogens is 1910 g/mol. The van der Waals surface area contributed by atoms with E-state index in [1.165, 1.54) is 169 Å². The first-order chi connectivity index (χ1) is 69.5. The summed E-state index contributed by atoms with van der Waals surface area (Å²) < 4.78 is 123. The lowest BCUT2D eigenvalue weighted by Gasteiger charge is -2.32. The van der Waals surface area contributed by atoms with Gasteiger partial charge < -0.3 is 83.1 Å². The van der Waals surface area contributed by atoms with Gasteiger partial charge in [0.15, 0.2) is 11.3 Å². The zero-order valence-electron chi connectivity index (χ0n) is 81.1. The zero-order chi connectivity index (χ0) is 107. The number of aromatic nitrogens is 6. The van der Waals surface area contributed by atoms with E-state index in [0.717, 1.165) is 37.9 Å². The maximum atomic E-state index is 13.3. The van der Waals surface area contributed by atoms with Crippen LogP contribution in [0.15, 0.2) is 214 Å². The van der Waals surface area contributed by atoms with Crippen LogP contribution in [0.1, 0.15) is 167 Å². The van der Waals surface area contributed by atoms with E-state index in [9.17, 15) is 124 Å². The predicted molar refractivity (Wildman–Crippen MR) is 524 cm³/mol. The van der Waals surface area contributed by atoms with Gasteiger partial charge in [-0.05, 0) is 224 Å². The normalized spacial score (nSPS) is 12.5. The number of carbonyl (C=O) groups excluding carboxylic acids is 1. The van der Waals surface area contributed by atoms with Crippen LogP contribution in [0.25, 0.3) is 66.8 Å². The second kappa shape index (κ2) is 50.0. The molecule has 6 aromatic heterocycles. The van der Waals surface area contributed by atoms with Crippen molar-refractivity contribution in [2.75, 3.05) is 47.1 Å². The van der Waals surface area contributed by atoms with Crippen molar-refractivity contribution in [3.05, 3.63) is 350 Å². The molecule has 13 aromatic rings. The highest BCUT2D eigenvalue weighted by Gasteiger charge is 2.41. The summed E-state index contributed by atoms with van der Waals surface area (Å²) >= 11 is 0. The highest BCUT2D eigenvalue weighted by molar-refractivity contribution is 6.20. The third kappa shape index (κ3) is 25.6. The number of fused-ring (bicyclic) bond motifs is 2. The predicted octanol–water partition coefficient (Wildman–Crippen LogP) is 18.9. The summed E-state index contributed by atoms with van der Waals surface area (Å²) in [6, 6.07) is 37.7. The summed E-state index contributed by atoms with van der Waals surface area (Å²) in [5.41, 5.74) is 7.37. The minimum Gasteiger partial charge on any atom is -0.495 e. The molecule has 1 atom stereocenters. The monoisotopic (exact) mass is 2010 g/mol. The average molecular weight is 2020 g/mol. The molecule has 0 radical (unpaired) electrons. The fourth-order valence-corrected chi connectivity index (χ4v) is 16.7. The second-order valence-corrected chi connectivity index (χ2v) is 32.7. The van der Waals surface area contributed by atoms with E-state index >= 15 is 0 Å². The van der Waals surface area contributed by atoms with Gasteiger partial charge in [-0.25, -0.2) is 69.3 Å². The highest BCUT2D eigenvalue weighted by Crippen LogP contribution is 2.43. The number of allylic oxidation sites excluding steroid dienone is 1. The number of hydrogen-bond acceptors (Lipinski definition) is 21. The number of aliphatic hydroxyl groups is 1. The standard InChI is InChI=1S/2C16H16FNO4.C16H14FNO3.C15H14FNO4.3C15H14FNO3/c1-4-22-15-13(16(20)21)14(19)12(9(2)18(15)3)10-5-7-11(17)8-6-10;1-3-18-7-12(16(21)22)15(20)14(13(18)8-19)11-5-4-10(17)6-9(11)2;17-11-6-4-10(5-7-11)14-13-3-1-2-8-18(13)9-12(15(14)19)16(20)21;1-8-11(15(18)19)13(20-2)12(14(17-8)21-3)9-4-6-10(16)7-5-9;16-10-5-3-9(4-6-10)11-8-17-7-1-2-12(17)13(14(11)18)15(19)20;1-3-20-14-12(15(18)19)8-17-9(2)13(14)10-4-6-11(16)7-5-10;1-3-20-14-12(10-4-6-11(16)7-5-10)8-17-9(2)13(14)15(18)19/h5-8H,4H2,1-3H3,(H,20,21);4-7,19H,3,8H2,1-2H3,(H,21,22);4-7,9H,1-3,8H2,(H,20,21);4-7H,1-3H3,(H,18,19);3-6,11H,1-2,7-8H2,(H,19,20);2*4-8H,3H2,1-2H3,(H,18,19). The fourth-order valence-electron chi connectivity index (χ4n) is 16.7. The molecule has 1 fully saturated rings. The Morgan fingerprint density at radius 3 is 1.36 bits per heavy atom. The van der Waals surface area contributed by atoms with E-state index < -0.39 is 93.6 Å². The van der Waals surface area contributed by atoms with Gasteiger partial charge in [0.2, 0.25) is 28.0 Å². The SMILES string of the molecule is CCOc1c(-c2ccc(F)cc2)cnc(C)c1C(=O)O.CCOc1c(C(=O)O)c(=O)c(-c2ccc(F)cc2)c(C)n1C.CCOc1c(C(=O)O)cnc(C)c1-c1ccc(F)cc1.CCn1cc(C(=O)O)c(=O)c(-c2ccc(F)cc2C)c1CO.COc1nc(C)c(C(=O)O)c(OC)c1-c1ccc(F)cc1.O=C(O)C1=C2CCCN2CC(c2ccc(F)cc2)C1=O.O=C(O)c1cn2c(c(-c3ccc(F)cc3)c1=O)CCCC2. The number of rotatable bonds is 24. The molecule has 146 heavy (non-hydrogen) atoms. The molecule has 762 valence electrons. The Morgan fingerprint density at radius 2 is 0.884 bits per heavy atom. The molecule has 3 aliphatic heterocycles. The van der Waals surface area contributed by atoms with Crippen LogP contribution in [-0.2, 0) is 42.8 Å². The molecule has 9 heterocycles. The average Bonchev–Trinajstić information content (AvgIpc) is 0.975. The molecule has 1 unspecified atom stereocenters. The van der Waals surface area contributed by atoms with Crippen LogP contribution in [0.2, 0.25) is 0 Å². The number of aromatic carboxylic acids is 6. The van der Waals surface area contributed by atoms with Gasteiger partial charge in [-0.2, -0.15) is 0 Å². The number of ketones is 1. The van der Waals surface area contributed by atoms with Crippen molar-refractivity contribution in [3.63, 3.8) is 0 Å². The number of aryl methyl sites for hydroxylation is 6. The number of Topliss-reactive ketones (excluding diaryl/α,β-unsaturated/α-hetero) is 1.